The fourth-order valence-electron chi connectivity index (χ4n) is 4.94. The van der Waals surface area contributed by atoms with E-state index in [0.29, 0.717) is 23.4 Å². The summed E-state index contributed by atoms with van der Waals surface area (Å²) in [6.45, 7) is 9.62. The molecule has 0 saturated heterocycles. The van der Waals surface area contributed by atoms with Crippen LogP contribution in [0.5, 0.6) is 0 Å². The maximum atomic E-state index is 12.6. The molecule has 0 heterocycles. The van der Waals surface area contributed by atoms with Gasteiger partial charge in [-0.05, 0) is 83.7 Å². The molecule has 0 aliphatic heterocycles. The first kappa shape index (κ1) is 29.3. The van der Waals surface area contributed by atoms with Gasteiger partial charge in [0.05, 0.1) is 30.4 Å². The minimum atomic E-state index is -0.378. The van der Waals surface area contributed by atoms with E-state index in [0.717, 1.165) is 42.4 Å². The van der Waals surface area contributed by atoms with E-state index in [4.69, 9.17) is 16.6 Å². The Morgan fingerprint density at radius 2 is 1.29 bits per heavy atom. The third-order valence-electron chi connectivity index (χ3n) is 7.29. The van der Waals surface area contributed by atoms with Gasteiger partial charge >= 0.3 is 5.97 Å². The highest BCUT2D eigenvalue weighted by Crippen LogP contribution is 2.29. The third kappa shape index (κ3) is 8.41. The summed E-state index contributed by atoms with van der Waals surface area (Å²) in [7, 11) is 0. The van der Waals surface area contributed by atoms with Crippen molar-refractivity contribution in [3.63, 3.8) is 0 Å². The van der Waals surface area contributed by atoms with E-state index in [1.807, 2.05) is 37.3 Å². The second-order valence-electron chi connectivity index (χ2n) is 10.3. The van der Waals surface area contributed by atoms with Gasteiger partial charge in [-0.1, -0.05) is 99.0 Å². The lowest BCUT2D eigenvalue weighted by atomic mass is 9.96. The molecule has 4 aromatic carbocycles. The molecule has 206 valence electrons. The Kier molecular flexibility index (Phi) is 10.9. The maximum absolute atomic E-state index is 12.6. The monoisotopic (exact) mass is 540 g/mol. The van der Waals surface area contributed by atoms with E-state index in [1.165, 1.54) is 42.4 Å². The summed E-state index contributed by atoms with van der Waals surface area (Å²) < 4.78 is 5.36. The first-order chi connectivity index (χ1) is 20.1. The number of unbranched alkanes of at least 4 members (excludes halogenated alkanes) is 4. The molecule has 0 fully saturated rings. The number of ether oxygens (including phenoxy) is 1. The number of rotatable bonds is 13. The van der Waals surface area contributed by atoms with Crippen molar-refractivity contribution in [3.05, 3.63) is 125 Å². The Morgan fingerprint density at radius 3 is 1.83 bits per heavy atom. The summed E-state index contributed by atoms with van der Waals surface area (Å²) in [5.41, 5.74) is 8.31. The topological polar surface area (TPSA) is 54.5 Å². The molecule has 4 rings (SSSR count). The van der Waals surface area contributed by atoms with Crippen molar-refractivity contribution >= 4 is 11.7 Å². The smallest absolute Gasteiger partial charge is 0.337 e. The van der Waals surface area contributed by atoms with E-state index >= 15 is 0 Å². The van der Waals surface area contributed by atoms with Crippen molar-refractivity contribution in [2.75, 3.05) is 6.61 Å². The van der Waals surface area contributed by atoms with Gasteiger partial charge in [-0.25, -0.2) is 9.64 Å². The van der Waals surface area contributed by atoms with Crippen LogP contribution in [0.2, 0.25) is 0 Å². The lowest BCUT2D eigenvalue weighted by Crippen LogP contribution is -2.07. The highest BCUT2D eigenvalue weighted by molar-refractivity contribution is 5.98. The van der Waals surface area contributed by atoms with Gasteiger partial charge < -0.3 is 4.74 Å². The highest BCUT2D eigenvalue weighted by Gasteiger charge is 2.15. The quantitative estimate of drug-likeness (QED) is 0.0963. The van der Waals surface area contributed by atoms with Crippen LogP contribution >= 0.6 is 0 Å². The van der Waals surface area contributed by atoms with Gasteiger partial charge in [-0.2, -0.15) is 5.26 Å². The van der Waals surface area contributed by atoms with Gasteiger partial charge in [0, 0.05) is 0 Å². The molecule has 0 atom stereocenters. The van der Waals surface area contributed by atoms with Gasteiger partial charge in [-0.15, -0.1) is 0 Å². The molecular weight excluding hydrogens is 504 g/mol. The molecule has 41 heavy (non-hydrogen) atoms. The minimum Gasteiger partial charge on any atom is -0.462 e. The maximum Gasteiger partial charge on any atom is 0.337 e. The lowest BCUT2D eigenvalue weighted by molar-refractivity contribution is 0.0506. The van der Waals surface area contributed by atoms with Crippen molar-refractivity contribution in [2.24, 2.45) is 0 Å². The fourth-order valence-corrected chi connectivity index (χ4v) is 4.94. The van der Waals surface area contributed by atoms with Crippen molar-refractivity contribution in [1.29, 1.82) is 5.26 Å². The molecule has 0 aliphatic carbocycles. The van der Waals surface area contributed by atoms with Crippen LogP contribution in [0.15, 0.2) is 91.0 Å². The van der Waals surface area contributed by atoms with Crippen molar-refractivity contribution < 1.29 is 9.53 Å². The molecule has 0 unspecified atom stereocenters. The Hall–Kier alpha value is -4.67. The number of nitriles is 1. The van der Waals surface area contributed by atoms with Crippen LogP contribution in [0.4, 0.5) is 5.69 Å². The van der Waals surface area contributed by atoms with E-state index in [9.17, 15) is 4.79 Å². The number of esters is 1. The molecule has 0 N–H and O–H groups in total. The predicted molar refractivity (Wildman–Crippen MR) is 166 cm³/mol. The average Bonchev–Trinajstić information content (AvgIpc) is 3.03. The molecule has 4 aromatic rings. The zero-order chi connectivity index (χ0) is 28.9. The second-order valence-corrected chi connectivity index (χ2v) is 10.3. The number of benzene rings is 4. The van der Waals surface area contributed by atoms with Crippen LogP contribution in [0.3, 0.4) is 0 Å². The van der Waals surface area contributed by atoms with Crippen molar-refractivity contribution in [2.45, 2.75) is 58.3 Å². The van der Waals surface area contributed by atoms with Gasteiger partial charge in [0.2, 0.25) is 0 Å². The van der Waals surface area contributed by atoms with Gasteiger partial charge in [0.1, 0.15) is 0 Å². The summed E-state index contributed by atoms with van der Waals surface area (Å²) in [5, 5.41) is 8.97. The molecular formula is C37H36N2O2. The van der Waals surface area contributed by atoms with Gasteiger partial charge in [0.25, 0.3) is 0 Å². The zero-order valence-electron chi connectivity index (χ0n) is 23.7. The highest BCUT2D eigenvalue weighted by atomic mass is 16.5. The molecule has 4 nitrogen and oxygen atoms in total. The van der Waals surface area contributed by atoms with Crippen LogP contribution in [-0.2, 0) is 17.6 Å². The Labute approximate surface area is 244 Å². The van der Waals surface area contributed by atoms with Crippen LogP contribution < -0.4 is 0 Å². The number of carbonyl (C=O) groups is 1. The van der Waals surface area contributed by atoms with Crippen LogP contribution in [0.1, 0.15) is 72.5 Å². The second kappa shape index (κ2) is 15.2. The standard InChI is InChI=1S/C37H36N2O2/c1-3-25-41-37(40)36-26-34(39-2)23-24-35(36)33-21-13-29(14-22-33)10-8-6-4-5-7-9-28-11-17-31(18-12-28)32-19-15-30(27-38)16-20-32/h11-24,26H,3-10,25H2,1H3. The van der Waals surface area contributed by atoms with E-state index in [2.05, 4.69) is 59.4 Å². The summed E-state index contributed by atoms with van der Waals surface area (Å²) in [6, 6.07) is 32.3. The molecule has 0 aromatic heterocycles. The number of carbonyl (C=O) groups excluding carboxylic acids is 1. The number of aryl methyl sites for hydroxylation is 2. The molecule has 0 aliphatic rings. The number of hydrogen-bond donors (Lipinski definition) is 0. The van der Waals surface area contributed by atoms with Crippen molar-refractivity contribution in [3.8, 4) is 28.3 Å². The largest absolute Gasteiger partial charge is 0.462 e. The fraction of sp³-hybridized carbons (Fsp3) is 0.270. The SMILES string of the molecule is [C-]#[N+]c1ccc(-c2ccc(CCCCCCCc3ccc(-c4ccc(C#N)cc4)cc3)cc2)c(C(=O)OCCC)c1. The average molecular weight is 541 g/mol. The summed E-state index contributed by atoms with van der Waals surface area (Å²) in [6.07, 6.45) is 8.93. The lowest BCUT2D eigenvalue weighted by Gasteiger charge is -2.11. The summed E-state index contributed by atoms with van der Waals surface area (Å²) >= 11 is 0. The van der Waals surface area contributed by atoms with E-state index in [-0.39, 0.29) is 5.97 Å². The molecule has 0 radical (unpaired) electrons. The molecule has 0 saturated carbocycles. The Balaban J connectivity index is 1.19. The number of hydrogen-bond acceptors (Lipinski definition) is 3. The van der Waals surface area contributed by atoms with Gasteiger partial charge in [-0.3, -0.25) is 0 Å². The predicted octanol–water partition coefficient (Wildman–Crippen LogP) is 9.75. The summed E-state index contributed by atoms with van der Waals surface area (Å²) in [4.78, 5) is 16.1. The molecule has 4 heteroatoms. The van der Waals surface area contributed by atoms with Crippen LogP contribution in [-0.4, -0.2) is 12.6 Å². The normalized spacial score (nSPS) is 10.5. The summed E-state index contributed by atoms with van der Waals surface area (Å²) in [5.74, 6) is -0.378. The number of nitrogens with zero attached hydrogens (tertiary/aromatic N) is 2. The first-order valence-corrected chi connectivity index (χ1v) is 14.5. The third-order valence-corrected chi connectivity index (χ3v) is 7.29. The van der Waals surface area contributed by atoms with Crippen LogP contribution in [0.25, 0.3) is 27.1 Å². The Morgan fingerprint density at radius 1 is 0.756 bits per heavy atom. The first-order valence-electron chi connectivity index (χ1n) is 14.5. The van der Waals surface area contributed by atoms with E-state index < -0.39 is 0 Å². The van der Waals surface area contributed by atoms with Crippen LogP contribution in [0, 0.1) is 17.9 Å². The molecule has 0 amide bonds. The zero-order valence-corrected chi connectivity index (χ0v) is 23.7. The molecule has 0 bridgehead atoms. The van der Waals surface area contributed by atoms with E-state index in [1.54, 1.807) is 12.1 Å². The molecule has 0 spiro atoms. The minimum absolute atomic E-state index is 0.369. The van der Waals surface area contributed by atoms with Gasteiger partial charge in [0.15, 0.2) is 5.69 Å². The van der Waals surface area contributed by atoms with Crippen molar-refractivity contribution in [1.82, 2.24) is 0 Å². The Bertz CT molecular complexity index is 1510.